The molecule has 36 heavy (non-hydrogen) atoms. The van der Waals surface area contributed by atoms with E-state index < -0.39 is 7.82 Å². The highest BCUT2D eigenvalue weighted by Crippen LogP contribution is 2.43. The number of ether oxygens (including phenoxy) is 1. The van der Waals surface area contributed by atoms with Crippen molar-refractivity contribution in [3.8, 4) is 5.75 Å². The van der Waals surface area contributed by atoms with Crippen LogP contribution in [0.2, 0.25) is 0 Å². The van der Waals surface area contributed by atoms with Crippen LogP contribution in [0.5, 0.6) is 5.75 Å². The van der Waals surface area contributed by atoms with Crippen LogP contribution in [-0.4, -0.2) is 44.1 Å². The van der Waals surface area contributed by atoms with Crippen molar-refractivity contribution in [3.05, 3.63) is 29.8 Å². The predicted octanol–water partition coefficient (Wildman–Crippen LogP) is 6.87. The van der Waals surface area contributed by atoms with Crippen molar-refractivity contribution in [1.82, 2.24) is 5.32 Å². The Kier molecular flexibility index (Phi) is 18.9. The highest BCUT2D eigenvalue weighted by Gasteiger charge is 2.24. The smallest absolute Gasteiger partial charge is 0.472 e. The molecule has 2 unspecified atom stereocenters. The highest BCUT2D eigenvalue weighted by molar-refractivity contribution is 7.47. The van der Waals surface area contributed by atoms with Gasteiger partial charge in [-0.2, -0.15) is 0 Å². The molecular weight excluding hydrogens is 477 g/mol. The first kappa shape index (κ1) is 32.8. The van der Waals surface area contributed by atoms with Gasteiger partial charge in [-0.3, -0.25) is 13.8 Å². The topological polar surface area (TPSA) is 94.1 Å². The molecule has 0 saturated carbocycles. The van der Waals surface area contributed by atoms with Crippen LogP contribution in [0, 0.1) is 5.92 Å². The fourth-order valence-electron chi connectivity index (χ4n) is 3.99. The molecule has 208 valence electrons. The summed E-state index contributed by atoms with van der Waals surface area (Å²) in [7, 11) is -2.41. The Morgan fingerprint density at radius 2 is 1.53 bits per heavy atom. The van der Waals surface area contributed by atoms with E-state index in [0.29, 0.717) is 25.8 Å². The van der Waals surface area contributed by atoms with Gasteiger partial charge in [0.25, 0.3) is 0 Å². The minimum absolute atomic E-state index is 0.0178. The van der Waals surface area contributed by atoms with Crippen LogP contribution >= 0.6 is 7.82 Å². The summed E-state index contributed by atoms with van der Waals surface area (Å²) in [5.41, 5.74) is 1.03. The summed E-state index contributed by atoms with van der Waals surface area (Å²) in [5, 5.41) is 2.84. The lowest BCUT2D eigenvalue weighted by Gasteiger charge is -2.19. The number of ketones is 1. The van der Waals surface area contributed by atoms with Gasteiger partial charge in [-0.25, -0.2) is 4.57 Å². The summed E-state index contributed by atoms with van der Waals surface area (Å²) in [6, 6.07) is 7.87. The summed E-state index contributed by atoms with van der Waals surface area (Å²) in [4.78, 5) is 21.9. The predicted molar refractivity (Wildman–Crippen MR) is 147 cm³/mol. The molecule has 0 fully saturated rings. The Bertz CT molecular complexity index is 727. The average Bonchev–Trinajstić information content (AvgIpc) is 2.87. The zero-order chi connectivity index (χ0) is 26.5. The van der Waals surface area contributed by atoms with Crippen LogP contribution < -0.4 is 10.1 Å². The minimum Gasteiger partial charge on any atom is -0.494 e. The van der Waals surface area contributed by atoms with Crippen molar-refractivity contribution in [2.75, 3.05) is 33.4 Å². The number of hydrogen-bond acceptors (Lipinski definition) is 6. The minimum atomic E-state index is -4.14. The lowest BCUT2D eigenvalue weighted by atomic mass is 9.94. The molecule has 0 amide bonds. The van der Waals surface area contributed by atoms with Gasteiger partial charge in [0.05, 0.1) is 19.8 Å². The van der Waals surface area contributed by atoms with Crippen LogP contribution in [0.4, 0.5) is 0 Å². The van der Waals surface area contributed by atoms with Crippen LogP contribution in [0.15, 0.2) is 24.3 Å². The first-order valence-electron chi connectivity index (χ1n) is 13.9. The molecule has 0 aliphatic rings. The molecule has 1 rings (SSSR count). The molecule has 0 heterocycles. The normalized spacial score (nSPS) is 13.9. The molecule has 0 aliphatic heterocycles. The molecule has 7 nitrogen and oxygen atoms in total. The van der Waals surface area contributed by atoms with Crippen molar-refractivity contribution in [3.63, 3.8) is 0 Å². The van der Waals surface area contributed by atoms with Crippen LogP contribution in [0.25, 0.3) is 0 Å². The van der Waals surface area contributed by atoms with E-state index in [1.54, 1.807) is 7.05 Å². The van der Waals surface area contributed by atoms with Crippen molar-refractivity contribution in [2.24, 2.45) is 5.92 Å². The number of phosphoric acid groups is 1. The van der Waals surface area contributed by atoms with Crippen LogP contribution in [-0.2, 0) is 24.8 Å². The first-order chi connectivity index (χ1) is 17.4. The van der Waals surface area contributed by atoms with E-state index in [1.165, 1.54) is 57.8 Å². The number of likely N-dealkylation sites (N-methyl/N-ethyl adjacent to an activating group) is 1. The maximum atomic E-state index is 12.1. The molecule has 0 aliphatic carbocycles. The Balaban J connectivity index is 2.36. The average molecular weight is 528 g/mol. The molecule has 0 radical (unpaired) electrons. The molecule has 2 N–H and O–H groups in total. The number of hydrogen-bond donors (Lipinski definition) is 2. The molecule has 0 aromatic heterocycles. The summed E-state index contributed by atoms with van der Waals surface area (Å²) >= 11 is 0. The number of phosphoric ester groups is 1. The van der Waals surface area contributed by atoms with Gasteiger partial charge in [0.2, 0.25) is 0 Å². The zero-order valence-corrected chi connectivity index (χ0v) is 23.7. The van der Waals surface area contributed by atoms with Gasteiger partial charge in [0.15, 0.2) is 0 Å². The van der Waals surface area contributed by atoms with Crippen molar-refractivity contribution in [1.29, 1.82) is 0 Å². The lowest BCUT2D eigenvalue weighted by Crippen LogP contribution is -2.18. The third-order valence-electron chi connectivity index (χ3n) is 6.20. The number of unbranched alkanes of at least 4 members (excludes halogenated alkanes) is 9. The van der Waals surface area contributed by atoms with E-state index in [9.17, 15) is 14.3 Å². The van der Waals surface area contributed by atoms with Gasteiger partial charge in [0, 0.05) is 19.4 Å². The number of nitrogens with one attached hydrogen (secondary N) is 1. The van der Waals surface area contributed by atoms with Crippen molar-refractivity contribution in [2.45, 2.75) is 97.3 Å². The third-order valence-corrected chi connectivity index (χ3v) is 7.19. The van der Waals surface area contributed by atoms with E-state index in [4.69, 9.17) is 13.8 Å². The quantitative estimate of drug-likeness (QED) is 0.112. The fraction of sp³-hybridized carbons (Fsp3) is 0.750. The molecule has 8 heteroatoms. The summed E-state index contributed by atoms with van der Waals surface area (Å²) in [5.74, 6) is 0.734. The van der Waals surface area contributed by atoms with E-state index >= 15 is 0 Å². The molecule has 0 bridgehead atoms. The second kappa shape index (κ2) is 20.8. The standard InChI is InChI=1S/C28H50NO6P/c1-4-6-7-8-9-10-11-12-13-14-20-33-28-17-15-25(16-18-28)22-26(23-27(30)5-2)24-35-36(31,32)34-21-19-29-3/h15-18,26,29H,4-14,19-24H2,1-3H3,(H,31,32). The molecule has 1 aromatic rings. The zero-order valence-electron chi connectivity index (χ0n) is 22.8. The number of Topliss-reactive ketones (excluding diaryl/α,β-unsaturated/α-hetero) is 1. The van der Waals surface area contributed by atoms with E-state index in [-0.39, 0.29) is 24.9 Å². The summed E-state index contributed by atoms with van der Waals surface area (Å²) in [6.45, 7) is 5.29. The van der Waals surface area contributed by atoms with Gasteiger partial charge in [-0.05, 0) is 43.5 Å². The number of benzene rings is 1. The molecule has 0 saturated heterocycles. The van der Waals surface area contributed by atoms with Gasteiger partial charge in [-0.1, -0.05) is 83.8 Å². The maximum Gasteiger partial charge on any atom is 0.472 e. The number of rotatable bonds is 24. The highest BCUT2D eigenvalue weighted by atomic mass is 31.2. The Morgan fingerprint density at radius 3 is 2.11 bits per heavy atom. The Morgan fingerprint density at radius 1 is 0.917 bits per heavy atom. The fourth-order valence-corrected chi connectivity index (χ4v) is 4.79. The number of carbonyl (C=O) groups is 1. The SMILES string of the molecule is CCCCCCCCCCCCOc1ccc(CC(COP(=O)(O)OCCNC)CC(=O)CC)cc1. The lowest BCUT2D eigenvalue weighted by molar-refractivity contribution is -0.120. The largest absolute Gasteiger partial charge is 0.494 e. The molecule has 0 spiro atoms. The van der Waals surface area contributed by atoms with E-state index in [2.05, 4.69) is 12.2 Å². The van der Waals surface area contributed by atoms with Crippen LogP contribution in [0.1, 0.15) is 96.5 Å². The molecular formula is C28H50NO6P. The van der Waals surface area contributed by atoms with Crippen molar-refractivity contribution < 1.29 is 28.0 Å². The monoisotopic (exact) mass is 527 g/mol. The van der Waals surface area contributed by atoms with Gasteiger partial charge >= 0.3 is 7.82 Å². The Hall–Kier alpha value is -1.24. The summed E-state index contributed by atoms with van der Waals surface area (Å²) in [6.07, 6.45) is 14.3. The van der Waals surface area contributed by atoms with Crippen molar-refractivity contribution >= 4 is 13.6 Å². The molecule has 1 aromatic carbocycles. The van der Waals surface area contributed by atoms with E-state index in [1.807, 2.05) is 31.2 Å². The van der Waals surface area contributed by atoms with E-state index in [0.717, 1.165) is 24.3 Å². The Labute approximate surface area is 219 Å². The van der Waals surface area contributed by atoms with Gasteiger partial charge in [0.1, 0.15) is 11.5 Å². The van der Waals surface area contributed by atoms with Crippen LogP contribution in [0.3, 0.4) is 0 Å². The summed E-state index contributed by atoms with van der Waals surface area (Å²) < 4.78 is 28.1. The van der Waals surface area contributed by atoms with Gasteiger partial charge in [-0.15, -0.1) is 0 Å². The number of carbonyl (C=O) groups excluding carboxylic acids is 1. The van der Waals surface area contributed by atoms with Gasteiger partial charge < -0.3 is 14.9 Å². The molecule has 2 atom stereocenters. The second-order valence-electron chi connectivity index (χ2n) is 9.54. The first-order valence-corrected chi connectivity index (χ1v) is 15.4. The maximum absolute atomic E-state index is 12.1. The second-order valence-corrected chi connectivity index (χ2v) is 11.0. The third kappa shape index (κ3) is 17.3.